The Bertz CT molecular complexity index is 892. The molecule has 25 heavy (non-hydrogen) atoms. The minimum atomic E-state index is -0.454. The van der Waals surface area contributed by atoms with Crippen LogP contribution in [0.1, 0.15) is 38.3 Å². The predicted octanol–water partition coefficient (Wildman–Crippen LogP) is 3.58. The summed E-state index contributed by atoms with van der Waals surface area (Å²) in [6.45, 7) is 3.91. The van der Waals surface area contributed by atoms with E-state index in [1.54, 1.807) is 18.2 Å². The number of anilines is 1. The Kier molecular flexibility index (Phi) is 4.59. The average molecular weight is 357 g/mol. The molecule has 2 aromatic carbocycles. The molecule has 1 heterocycles. The fourth-order valence-electron chi connectivity index (χ4n) is 2.81. The topological polar surface area (TPSA) is 66.5 Å². The van der Waals surface area contributed by atoms with Crippen LogP contribution in [-0.4, -0.2) is 29.2 Å². The third kappa shape index (κ3) is 3.15. The Hall–Kier alpha value is -2.66. The molecule has 3 amide bonds. The van der Waals surface area contributed by atoms with Crippen LogP contribution in [0.15, 0.2) is 36.4 Å². The van der Waals surface area contributed by atoms with Gasteiger partial charge in [-0.25, -0.2) is 0 Å². The standard InChI is InChI=1S/C19H17ClN2O3/c1-11-5-3-8-15(12(11)2)21-16(23)9-10-22-18(24)13-6-4-7-14(20)17(13)19(22)25/h3-8H,9-10H2,1-2H3,(H,21,23). The summed E-state index contributed by atoms with van der Waals surface area (Å²) in [5.41, 5.74) is 3.29. The van der Waals surface area contributed by atoms with Crippen LogP contribution >= 0.6 is 11.6 Å². The largest absolute Gasteiger partial charge is 0.326 e. The molecule has 0 saturated carbocycles. The Balaban J connectivity index is 1.67. The van der Waals surface area contributed by atoms with Crippen LogP contribution in [0.4, 0.5) is 5.69 Å². The third-order valence-corrected chi connectivity index (χ3v) is 4.70. The molecule has 0 atom stereocenters. The highest BCUT2D eigenvalue weighted by molar-refractivity contribution is 6.37. The van der Waals surface area contributed by atoms with Gasteiger partial charge in [0.2, 0.25) is 5.91 Å². The van der Waals surface area contributed by atoms with E-state index in [9.17, 15) is 14.4 Å². The van der Waals surface area contributed by atoms with E-state index < -0.39 is 11.8 Å². The highest BCUT2D eigenvalue weighted by Gasteiger charge is 2.37. The molecule has 0 aliphatic carbocycles. The monoisotopic (exact) mass is 356 g/mol. The van der Waals surface area contributed by atoms with Crippen molar-refractivity contribution < 1.29 is 14.4 Å². The number of rotatable bonds is 4. The van der Waals surface area contributed by atoms with E-state index >= 15 is 0 Å². The van der Waals surface area contributed by atoms with Crippen molar-refractivity contribution in [3.63, 3.8) is 0 Å². The van der Waals surface area contributed by atoms with Crippen LogP contribution < -0.4 is 5.32 Å². The van der Waals surface area contributed by atoms with Crippen LogP contribution in [0.3, 0.4) is 0 Å². The van der Waals surface area contributed by atoms with Gasteiger partial charge in [-0.05, 0) is 43.2 Å². The molecule has 3 rings (SSSR count). The molecule has 0 spiro atoms. The molecule has 0 aromatic heterocycles. The number of hydrogen-bond donors (Lipinski definition) is 1. The lowest BCUT2D eigenvalue weighted by Crippen LogP contribution is -2.33. The molecule has 6 heteroatoms. The number of nitrogens with one attached hydrogen (secondary N) is 1. The fourth-order valence-corrected chi connectivity index (χ4v) is 3.06. The van der Waals surface area contributed by atoms with E-state index in [2.05, 4.69) is 5.32 Å². The second-order valence-corrected chi connectivity index (χ2v) is 6.38. The van der Waals surface area contributed by atoms with E-state index in [4.69, 9.17) is 11.6 Å². The summed E-state index contributed by atoms with van der Waals surface area (Å²) < 4.78 is 0. The molecule has 0 fully saturated rings. The summed E-state index contributed by atoms with van der Waals surface area (Å²) in [6, 6.07) is 10.4. The maximum absolute atomic E-state index is 12.4. The van der Waals surface area contributed by atoms with Crippen LogP contribution in [0.25, 0.3) is 0 Å². The summed E-state index contributed by atoms with van der Waals surface area (Å²) in [5, 5.41) is 3.07. The van der Waals surface area contributed by atoms with Gasteiger partial charge >= 0.3 is 0 Å². The number of carbonyl (C=O) groups is 3. The van der Waals surface area contributed by atoms with Gasteiger partial charge < -0.3 is 5.32 Å². The molecule has 0 unspecified atom stereocenters. The first kappa shape index (κ1) is 17.2. The van der Waals surface area contributed by atoms with Crippen molar-refractivity contribution in [2.75, 3.05) is 11.9 Å². The zero-order valence-electron chi connectivity index (χ0n) is 13.9. The summed E-state index contributed by atoms with van der Waals surface area (Å²) in [5.74, 6) is -1.12. The first-order valence-electron chi connectivity index (χ1n) is 7.91. The fraction of sp³-hybridized carbons (Fsp3) is 0.211. The number of amides is 3. The lowest BCUT2D eigenvalue weighted by atomic mass is 10.1. The quantitative estimate of drug-likeness (QED) is 0.851. The van der Waals surface area contributed by atoms with Crippen LogP contribution in [0.2, 0.25) is 5.02 Å². The lowest BCUT2D eigenvalue weighted by Gasteiger charge is -2.14. The number of nitrogens with zero attached hydrogens (tertiary/aromatic N) is 1. The molecule has 0 saturated heterocycles. The maximum Gasteiger partial charge on any atom is 0.263 e. The van der Waals surface area contributed by atoms with Crippen LogP contribution in [0.5, 0.6) is 0 Å². The van der Waals surface area contributed by atoms with Crippen LogP contribution in [0, 0.1) is 13.8 Å². The van der Waals surface area contributed by atoms with E-state index in [1.165, 1.54) is 0 Å². The van der Waals surface area contributed by atoms with E-state index in [1.807, 2.05) is 32.0 Å². The van der Waals surface area contributed by atoms with Crippen molar-refractivity contribution in [1.82, 2.24) is 4.90 Å². The normalized spacial score (nSPS) is 13.2. The summed E-state index contributed by atoms with van der Waals surface area (Å²) in [7, 11) is 0. The van der Waals surface area contributed by atoms with Crippen LogP contribution in [-0.2, 0) is 4.79 Å². The number of carbonyl (C=O) groups excluding carboxylic acids is 3. The Morgan fingerprint density at radius 1 is 1.08 bits per heavy atom. The number of fused-ring (bicyclic) bond motifs is 1. The molecule has 1 aliphatic heterocycles. The van der Waals surface area contributed by atoms with Crippen molar-refractivity contribution in [2.45, 2.75) is 20.3 Å². The van der Waals surface area contributed by atoms with Gasteiger partial charge in [-0.2, -0.15) is 0 Å². The van der Waals surface area contributed by atoms with Crippen molar-refractivity contribution >= 4 is 35.0 Å². The number of aryl methyl sites for hydroxylation is 1. The minimum absolute atomic E-state index is 0.0133. The molecule has 0 bridgehead atoms. The Morgan fingerprint density at radius 2 is 1.80 bits per heavy atom. The molecule has 5 nitrogen and oxygen atoms in total. The van der Waals surface area contributed by atoms with Gasteiger partial charge in [0, 0.05) is 18.7 Å². The van der Waals surface area contributed by atoms with Gasteiger partial charge in [-0.15, -0.1) is 0 Å². The molecular formula is C19H17ClN2O3. The van der Waals surface area contributed by atoms with E-state index in [-0.39, 0.29) is 35.0 Å². The lowest BCUT2D eigenvalue weighted by molar-refractivity contribution is -0.116. The van der Waals surface area contributed by atoms with Gasteiger partial charge in [0.1, 0.15) is 0 Å². The number of imide groups is 1. The molecule has 2 aromatic rings. The van der Waals surface area contributed by atoms with Crippen molar-refractivity contribution in [1.29, 1.82) is 0 Å². The summed E-state index contributed by atoms with van der Waals surface area (Å²) in [4.78, 5) is 38.0. The highest BCUT2D eigenvalue weighted by atomic mass is 35.5. The zero-order valence-corrected chi connectivity index (χ0v) is 14.7. The molecule has 1 N–H and O–H groups in total. The van der Waals surface area contributed by atoms with Gasteiger partial charge in [-0.3, -0.25) is 19.3 Å². The van der Waals surface area contributed by atoms with Gasteiger partial charge in [0.05, 0.1) is 16.1 Å². The summed E-state index contributed by atoms with van der Waals surface area (Å²) in [6.07, 6.45) is 0.0243. The van der Waals surface area contributed by atoms with Gasteiger partial charge in [0.25, 0.3) is 11.8 Å². The third-order valence-electron chi connectivity index (χ3n) is 4.39. The average Bonchev–Trinajstić information content (AvgIpc) is 2.82. The number of hydrogen-bond acceptors (Lipinski definition) is 3. The number of benzene rings is 2. The maximum atomic E-state index is 12.4. The minimum Gasteiger partial charge on any atom is -0.326 e. The Morgan fingerprint density at radius 3 is 2.52 bits per heavy atom. The first-order valence-corrected chi connectivity index (χ1v) is 8.28. The molecular weight excluding hydrogens is 340 g/mol. The molecule has 128 valence electrons. The van der Waals surface area contributed by atoms with Crippen molar-refractivity contribution in [3.8, 4) is 0 Å². The SMILES string of the molecule is Cc1cccc(NC(=O)CCN2C(=O)c3cccc(Cl)c3C2=O)c1C. The van der Waals surface area contributed by atoms with Gasteiger partial charge in [-0.1, -0.05) is 29.8 Å². The van der Waals surface area contributed by atoms with Crippen molar-refractivity contribution in [3.05, 3.63) is 63.7 Å². The first-order chi connectivity index (χ1) is 11.9. The van der Waals surface area contributed by atoms with Gasteiger partial charge in [0.15, 0.2) is 0 Å². The van der Waals surface area contributed by atoms with E-state index in [0.29, 0.717) is 0 Å². The Labute approximate surface area is 150 Å². The summed E-state index contributed by atoms with van der Waals surface area (Å²) >= 11 is 6.02. The highest BCUT2D eigenvalue weighted by Crippen LogP contribution is 2.29. The second kappa shape index (κ2) is 6.69. The second-order valence-electron chi connectivity index (χ2n) is 5.97. The smallest absolute Gasteiger partial charge is 0.263 e. The van der Waals surface area contributed by atoms with Crippen molar-refractivity contribution in [2.24, 2.45) is 0 Å². The predicted molar refractivity (Wildman–Crippen MR) is 96.0 cm³/mol. The number of halogens is 1. The molecule has 0 radical (unpaired) electrons. The molecule has 1 aliphatic rings. The zero-order chi connectivity index (χ0) is 18.1. The van der Waals surface area contributed by atoms with E-state index in [0.717, 1.165) is 21.7 Å².